The minimum Gasteiger partial charge on any atom is -0.391 e. The van der Waals surface area contributed by atoms with E-state index in [0.717, 1.165) is 4.90 Å². The van der Waals surface area contributed by atoms with Crippen molar-refractivity contribution in [2.24, 2.45) is 0 Å². The van der Waals surface area contributed by atoms with Gasteiger partial charge in [-0.3, -0.25) is 4.79 Å². The van der Waals surface area contributed by atoms with Crippen LogP contribution in [0.5, 0.6) is 0 Å². The number of aliphatic hydroxyl groups is 1. The molecular formula is C12H17NO2S. The Morgan fingerprint density at radius 1 is 1.50 bits per heavy atom. The summed E-state index contributed by atoms with van der Waals surface area (Å²) in [6, 6.07) is 7.45. The van der Waals surface area contributed by atoms with Gasteiger partial charge in [0.1, 0.15) is 0 Å². The van der Waals surface area contributed by atoms with Gasteiger partial charge in [-0.15, -0.1) is 11.8 Å². The molecule has 2 N–H and O–H groups in total. The average molecular weight is 239 g/mol. The molecule has 1 aromatic rings. The van der Waals surface area contributed by atoms with Crippen LogP contribution in [0, 0.1) is 0 Å². The summed E-state index contributed by atoms with van der Waals surface area (Å²) in [5, 5.41) is 12.1. The number of carbonyl (C=O) groups excluding carboxylic acids is 1. The van der Waals surface area contributed by atoms with Crippen molar-refractivity contribution in [3.63, 3.8) is 0 Å². The van der Waals surface area contributed by atoms with E-state index in [2.05, 4.69) is 5.32 Å². The first-order valence-corrected chi connectivity index (χ1v) is 6.50. The van der Waals surface area contributed by atoms with Crippen molar-refractivity contribution in [1.29, 1.82) is 0 Å². The van der Waals surface area contributed by atoms with Gasteiger partial charge in [0.05, 0.1) is 11.7 Å². The molecule has 0 aromatic heterocycles. The lowest BCUT2D eigenvalue weighted by Gasteiger charge is -2.11. The normalized spacial score (nSPS) is 12.2. The smallest absolute Gasteiger partial charge is 0.252 e. The molecule has 4 heteroatoms. The standard InChI is InChI=1S/C12H17NO2S/c1-3-9(14)8-13-12(15)10-6-4-5-7-11(10)16-2/h4-7,9,14H,3,8H2,1-2H3,(H,13,15). The first-order chi connectivity index (χ1) is 7.69. The number of carbonyl (C=O) groups is 1. The predicted octanol–water partition coefficient (Wildman–Crippen LogP) is 1.91. The van der Waals surface area contributed by atoms with Gasteiger partial charge in [-0.05, 0) is 24.8 Å². The van der Waals surface area contributed by atoms with E-state index in [1.807, 2.05) is 31.4 Å². The third kappa shape index (κ3) is 3.54. The molecule has 1 rings (SSSR count). The Hall–Kier alpha value is -1.00. The maximum Gasteiger partial charge on any atom is 0.252 e. The van der Waals surface area contributed by atoms with Crippen LogP contribution in [0.15, 0.2) is 29.2 Å². The fourth-order valence-electron chi connectivity index (χ4n) is 1.28. The van der Waals surface area contributed by atoms with E-state index >= 15 is 0 Å². The van der Waals surface area contributed by atoms with E-state index in [1.165, 1.54) is 0 Å². The van der Waals surface area contributed by atoms with Gasteiger partial charge < -0.3 is 10.4 Å². The summed E-state index contributed by atoms with van der Waals surface area (Å²) in [5.74, 6) is -0.127. The summed E-state index contributed by atoms with van der Waals surface area (Å²) >= 11 is 1.54. The summed E-state index contributed by atoms with van der Waals surface area (Å²) in [4.78, 5) is 12.8. The minimum absolute atomic E-state index is 0.127. The van der Waals surface area contributed by atoms with Crippen LogP contribution in [0.4, 0.5) is 0 Å². The first-order valence-electron chi connectivity index (χ1n) is 5.28. The van der Waals surface area contributed by atoms with Gasteiger partial charge in [-0.2, -0.15) is 0 Å². The second-order valence-corrected chi connectivity index (χ2v) is 4.32. The summed E-state index contributed by atoms with van der Waals surface area (Å²) in [5.41, 5.74) is 0.665. The third-order valence-electron chi connectivity index (χ3n) is 2.32. The zero-order chi connectivity index (χ0) is 12.0. The molecule has 0 fully saturated rings. The van der Waals surface area contributed by atoms with E-state index in [4.69, 9.17) is 0 Å². The van der Waals surface area contributed by atoms with E-state index in [-0.39, 0.29) is 5.91 Å². The van der Waals surface area contributed by atoms with Crippen LogP contribution >= 0.6 is 11.8 Å². The van der Waals surface area contributed by atoms with Crippen molar-refractivity contribution >= 4 is 17.7 Å². The van der Waals surface area contributed by atoms with E-state index < -0.39 is 6.10 Å². The van der Waals surface area contributed by atoms with Crippen LogP contribution in [-0.4, -0.2) is 29.9 Å². The Bertz CT molecular complexity index is 355. The second-order valence-electron chi connectivity index (χ2n) is 3.47. The van der Waals surface area contributed by atoms with Gasteiger partial charge in [0.2, 0.25) is 0 Å². The number of hydrogen-bond donors (Lipinski definition) is 2. The number of thioether (sulfide) groups is 1. The van der Waals surface area contributed by atoms with Crippen molar-refractivity contribution in [2.75, 3.05) is 12.8 Å². The van der Waals surface area contributed by atoms with Gasteiger partial charge in [0.25, 0.3) is 5.91 Å². The lowest BCUT2D eigenvalue weighted by atomic mass is 10.2. The van der Waals surface area contributed by atoms with Crippen molar-refractivity contribution in [1.82, 2.24) is 5.32 Å². The highest BCUT2D eigenvalue weighted by Crippen LogP contribution is 2.19. The van der Waals surface area contributed by atoms with Crippen LogP contribution in [0.25, 0.3) is 0 Å². The number of nitrogens with one attached hydrogen (secondary N) is 1. The molecule has 88 valence electrons. The SMILES string of the molecule is CCC(O)CNC(=O)c1ccccc1SC. The number of benzene rings is 1. The first kappa shape index (κ1) is 13.1. The van der Waals surface area contributed by atoms with Crippen LogP contribution in [0.1, 0.15) is 23.7 Å². The molecule has 0 bridgehead atoms. The summed E-state index contributed by atoms with van der Waals surface area (Å²) in [6.07, 6.45) is 2.11. The van der Waals surface area contributed by atoms with Gasteiger partial charge >= 0.3 is 0 Å². The van der Waals surface area contributed by atoms with Gasteiger partial charge in [0.15, 0.2) is 0 Å². The highest BCUT2D eigenvalue weighted by molar-refractivity contribution is 7.98. The number of amides is 1. The number of rotatable bonds is 5. The summed E-state index contributed by atoms with van der Waals surface area (Å²) in [6.45, 7) is 2.19. The third-order valence-corrected chi connectivity index (χ3v) is 3.12. The Balaban J connectivity index is 2.65. The molecule has 0 aliphatic rings. The topological polar surface area (TPSA) is 49.3 Å². The second kappa shape index (κ2) is 6.55. The molecule has 3 nitrogen and oxygen atoms in total. The molecular weight excluding hydrogens is 222 g/mol. The molecule has 16 heavy (non-hydrogen) atoms. The van der Waals surface area contributed by atoms with Gasteiger partial charge in [0, 0.05) is 11.4 Å². The molecule has 1 unspecified atom stereocenters. The zero-order valence-corrected chi connectivity index (χ0v) is 10.4. The van der Waals surface area contributed by atoms with Crippen molar-refractivity contribution < 1.29 is 9.90 Å². The summed E-state index contributed by atoms with van der Waals surface area (Å²) in [7, 11) is 0. The van der Waals surface area contributed by atoms with Crippen LogP contribution in [-0.2, 0) is 0 Å². The van der Waals surface area contributed by atoms with E-state index in [0.29, 0.717) is 18.5 Å². The van der Waals surface area contributed by atoms with E-state index in [9.17, 15) is 9.90 Å². The Morgan fingerprint density at radius 3 is 2.81 bits per heavy atom. The molecule has 1 aromatic carbocycles. The summed E-state index contributed by atoms with van der Waals surface area (Å²) < 4.78 is 0. The quantitative estimate of drug-likeness (QED) is 0.772. The fraction of sp³-hybridized carbons (Fsp3) is 0.417. The number of aliphatic hydroxyl groups excluding tert-OH is 1. The van der Waals surface area contributed by atoms with Gasteiger partial charge in [-0.1, -0.05) is 19.1 Å². The number of hydrogen-bond acceptors (Lipinski definition) is 3. The Morgan fingerprint density at radius 2 is 2.19 bits per heavy atom. The molecule has 1 atom stereocenters. The molecule has 0 heterocycles. The molecule has 0 saturated heterocycles. The van der Waals surface area contributed by atoms with Crippen LogP contribution in [0.2, 0.25) is 0 Å². The van der Waals surface area contributed by atoms with Crippen molar-refractivity contribution in [3.8, 4) is 0 Å². The molecule has 0 radical (unpaired) electrons. The van der Waals surface area contributed by atoms with Crippen molar-refractivity contribution in [3.05, 3.63) is 29.8 Å². The monoisotopic (exact) mass is 239 g/mol. The van der Waals surface area contributed by atoms with Crippen molar-refractivity contribution in [2.45, 2.75) is 24.3 Å². The Kier molecular flexibility index (Phi) is 5.35. The predicted molar refractivity (Wildman–Crippen MR) is 66.9 cm³/mol. The maximum absolute atomic E-state index is 11.8. The minimum atomic E-state index is -0.467. The molecule has 0 saturated carbocycles. The van der Waals surface area contributed by atoms with E-state index in [1.54, 1.807) is 17.8 Å². The molecule has 1 amide bonds. The highest BCUT2D eigenvalue weighted by Gasteiger charge is 2.10. The lowest BCUT2D eigenvalue weighted by molar-refractivity contribution is 0.0911. The van der Waals surface area contributed by atoms with Gasteiger partial charge in [-0.25, -0.2) is 0 Å². The largest absolute Gasteiger partial charge is 0.391 e. The molecule has 0 aliphatic heterocycles. The molecule has 0 aliphatic carbocycles. The average Bonchev–Trinajstić information content (AvgIpc) is 2.35. The maximum atomic E-state index is 11.8. The fourth-order valence-corrected chi connectivity index (χ4v) is 1.88. The zero-order valence-electron chi connectivity index (χ0n) is 9.56. The lowest BCUT2D eigenvalue weighted by Crippen LogP contribution is -2.31. The Labute approximate surface area is 100 Å². The van der Waals surface area contributed by atoms with Crippen LogP contribution in [0.3, 0.4) is 0 Å². The molecule has 0 spiro atoms. The van der Waals surface area contributed by atoms with Crippen LogP contribution < -0.4 is 5.32 Å². The highest BCUT2D eigenvalue weighted by atomic mass is 32.2.